The Kier molecular flexibility index (Phi) is 7.19. The van der Waals surface area contributed by atoms with Gasteiger partial charge in [0.05, 0.1) is 0 Å². The van der Waals surface area contributed by atoms with Crippen LogP contribution in [0.2, 0.25) is 0 Å². The first kappa shape index (κ1) is 24.3. The second-order valence-corrected chi connectivity index (χ2v) is 13.0. The van der Waals surface area contributed by atoms with E-state index in [1.54, 1.807) is 5.57 Å². The Hall–Kier alpha value is -0.790. The van der Waals surface area contributed by atoms with Gasteiger partial charge in [0.15, 0.2) is 0 Å². The summed E-state index contributed by atoms with van der Waals surface area (Å²) in [5, 5.41) is 0. The molecule has 2 nitrogen and oxygen atoms in total. The van der Waals surface area contributed by atoms with Crippen LogP contribution in [0.25, 0.3) is 0 Å². The third-order valence-corrected chi connectivity index (χ3v) is 10.8. The summed E-state index contributed by atoms with van der Waals surface area (Å²) in [5.41, 5.74) is 2.54. The van der Waals surface area contributed by atoms with Gasteiger partial charge < -0.3 is 4.74 Å². The molecule has 0 aromatic carbocycles. The van der Waals surface area contributed by atoms with E-state index >= 15 is 0 Å². The highest BCUT2D eigenvalue weighted by Crippen LogP contribution is 2.67. The second kappa shape index (κ2) is 9.46. The molecule has 4 aliphatic carbocycles. The molecule has 32 heavy (non-hydrogen) atoms. The lowest BCUT2D eigenvalue weighted by molar-refractivity contribution is -0.151. The van der Waals surface area contributed by atoms with Crippen LogP contribution in [0.1, 0.15) is 119 Å². The van der Waals surface area contributed by atoms with Gasteiger partial charge in [-0.3, -0.25) is 4.79 Å². The zero-order valence-electron chi connectivity index (χ0n) is 21.9. The summed E-state index contributed by atoms with van der Waals surface area (Å²) in [7, 11) is 0. The molecule has 3 fully saturated rings. The van der Waals surface area contributed by atoms with E-state index in [1.165, 1.54) is 57.8 Å². The van der Waals surface area contributed by atoms with Gasteiger partial charge >= 0.3 is 5.97 Å². The molecule has 0 amide bonds. The average Bonchev–Trinajstić information content (AvgIpc) is 3.11. The van der Waals surface area contributed by atoms with E-state index in [0.717, 1.165) is 48.3 Å². The van der Waals surface area contributed by atoms with Crippen LogP contribution >= 0.6 is 0 Å². The van der Waals surface area contributed by atoms with Gasteiger partial charge in [-0.1, -0.05) is 72.5 Å². The predicted molar refractivity (Wildman–Crippen MR) is 133 cm³/mol. The Morgan fingerprint density at radius 2 is 1.84 bits per heavy atom. The maximum atomic E-state index is 11.9. The van der Waals surface area contributed by atoms with Crippen molar-refractivity contribution in [3.63, 3.8) is 0 Å². The van der Waals surface area contributed by atoms with Crippen LogP contribution in [0.15, 0.2) is 11.6 Å². The van der Waals surface area contributed by atoms with Crippen LogP contribution in [0.4, 0.5) is 0 Å². The minimum Gasteiger partial charge on any atom is -0.462 e. The molecule has 0 heterocycles. The Morgan fingerprint density at radius 1 is 1.06 bits per heavy atom. The quantitative estimate of drug-likeness (QED) is 0.292. The Morgan fingerprint density at radius 3 is 2.56 bits per heavy atom. The summed E-state index contributed by atoms with van der Waals surface area (Å²) in [6.07, 6.45) is 17.8. The topological polar surface area (TPSA) is 26.3 Å². The van der Waals surface area contributed by atoms with Gasteiger partial charge in [0.1, 0.15) is 6.10 Å². The number of esters is 1. The van der Waals surface area contributed by atoms with E-state index in [9.17, 15) is 4.79 Å². The average molecular weight is 443 g/mol. The number of fused-ring (bicyclic) bond motifs is 5. The summed E-state index contributed by atoms with van der Waals surface area (Å²) in [6.45, 7) is 14.5. The molecule has 0 aromatic rings. The number of rotatable bonds is 7. The number of ether oxygens (including phenoxy) is 1. The van der Waals surface area contributed by atoms with Gasteiger partial charge in [0.2, 0.25) is 0 Å². The van der Waals surface area contributed by atoms with Crippen LogP contribution in [0.5, 0.6) is 0 Å². The Bertz CT molecular complexity index is 708. The molecular weight excluding hydrogens is 392 g/mol. The lowest BCUT2D eigenvalue weighted by Gasteiger charge is -2.58. The molecule has 0 bridgehead atoms. The molecule has 4 aliphatic rings. The minimum atomic E-state index is -0.0270. The van der Waals surface area contributed by atoms with Crippen LogP contribution in [-0.2, 0) is 9.53 Å². The highest BCUT2D eigenvalue weighted by molar-refractivity contribution is 5.69. The van der Waals surface area contributed by atoms with E-state index in [2.05, 4.69) is 40.7 Å². The Labute approximate surface area is 198 Å². The van der Waals surface area contributed by atoms with Gasteiger partial charge in [0.25, 0.3) is 0 Å². The molecule has 0 spiro atoms. The predicted octanol–water partition coefficient (Wildman–Crippen LogP) is 8.35. The summed E-state index contributed by atoms with van der Waals surface area (Å²) in [4.78, 5) is 11.9. The fourth-order valence-electron chi connectivity index (χ4n) is 9.02. The molecule has 1 unspecified atom stereocenters. The first-order chi connectivity index (χ1) is 15.2. The van der Waals surface area contributed by atoms with Gasteiger partial charge in [-0.2, -0.15) is 0 Å². The lowest BCUT2D eigenvalue weighted by atomic mass is 9.47. The van der Waals surface area contributed by atoms with Crippen molar-refractivity contribution in [3.8, 4) is 0 Å². The first-order valence-electron chi connectivity index (χ1n) is 14.1. The zero-order chi connectivity index (χ0) is 23.1. The van der Waals surface area contributed by atoms with Crippen LogP contribution in [0.3, 0.4) is 0 Å². The molecule has 4 rings (SSSR count). The van der Waals surface area contributed by atoms with E-state index in [1.807, 2.05) is 6.92 Å². The van der Waals surface area contributed by atoms with Crippen molar-refractivity contribution >= 4 is 5.97 Å². The van der Waals surface area contributed by atoms with E-state index in [4.69, 9.17) is 4.74 Å². The van der Waals surface area contributed by atoms with Gasteiger partial charge in [-0.25, -0.2) is 0 Å². The third-order valence-electron chi connectivity index (χ3n) is 10.8. The molecule has 0 saturated heterocycles. The normalized spacial score (nSPS) is 42.0. The molecule has 2 heteroatoms. The van der Waals surface area contributed by atoms with Crippen molar-refractivity contribution in [2.75, 3.05) is 0 Å². The minimum absolute atomic E-state index is 0.0270. The molecule has 8 atom stereocenters. The van der Waals surface area contributed by atoms with Gasteiger partial charge in [-0.05, 0) is 91.3 Å². The molecule has 0 N–H and O–H groups in total. The zero-order valence-corrected chi connectivity index (χ0v) is 21.9. The summed E-state index contributed by atoms with van der Waals surface area (Å²) in [5.74, 6) is 5.28. The fourth-order valence-corrected chi connectivity index (χ4v) is 9.02. The lowest BCUT2D eigenvalue weighted by Crippen LogP contribution is -2.51. The highest BCUT2D eigenvalue weighted by atomic mass is 16.5. The number of allylic oxidation sites excluding steroid dienone is 1. The fraction of sp³-hybridized carbons (Fsp3) is 0.900. The van der Waals surface area contributed by atoms with Crippen LogP contribution in [0, 0.1) is 46.3 Å². The second-order valence-electron chi connectivity index (χ2n) is 13.0. The van der Waals surface area contributed by atoms with E-state index in [-0.39, 0.29) is 12.1 Å². The van der Waals surface area contributed by atoms with Crippen molar-refractivity contribution in [3.05, 3.63) is 11.6 Å². The van der Waals surface area contributed by atoms with Crippen molar-refractivity contribution < 1.29 is 9.53 Å². The standard InChI is InChI=1S/C30H50O2/c1-7-28(31)32-23-15-17-29(5)22(19-23)11-12-24-26-14-13-25(21(4)10-8-9-20(2)3)30(26,6)18-16-27(24)29/h11,20-21,23-27H,7-10,12-19H2,1-6H3/t21-,23?,24+,25-,26+,27+,29+,30-/m1/s1. The summed E-state index contributed by atoms with van der Waals surface area (Å²) in [6, 6.07) is 0. The first-order valence-corrected chi connectivity index (χ1v) is 14.1. The molecule has 0 radical (unpaired) electrons. The summed E-state index contributed by atoms with van der Waals surface area (Å²) < 4.78 is 5.76. The van der Waals surface area contributed by atoms with Crippen molar-refractivity contribution in [2.45, 2.75) is 125 Å². The number of hydrogen-bond acceptors (Lipinski definition) is 2. The monoisotopic (exact) mass is 442 g/mol. The number of carbonyl (C=O) groups is 1. The largest absolute Gasteiger partial charge is 0.462 e. The molecule has 182 valence electrons. The molecule has 0 aliphatic heterocycles. The van der Waals surface area contributed by atoms with Gasteiger partial charge in [0, 0.05) is 12.8 Å². The van der Waals surface area contributed by atoms with E-state index < -0.39 is 0 Å². The SMILES string of the molecule is CCC(=O)OC1CC[C@@]2(C)C(=CC[C@H]3[C@@H]4CC[C@H]([C@H](C)CCCC(C)C)[C@@]4(C)CC[C@@H]32)C1. The van der Waals surface area contributed by atoms with Crippen LogP contribution in [-0.4, -0.2) is 12.1 Å². The van der Waals surface area contributed by atoms with E-state index in [0.29, 0.717) is 17.3 Å². The maximum absolute atomic E-state index is 11.9. The molecular formula is C30H50O2. The summed E-state index contributed by atoms with van der Waals surface area (Å²) >= 11 is 0. The maximum Gasteiger partial charge on any atom is 0.305 e. The van der Waals surface area contributed by atoms with Crippen molar-refractivity contribution in [1.29, 1.82) is 0 Å². The van der Waals surface area contributed by atoms with Crippen LogP contribution < -0.4 is 0 Å². The van der Waals surface area contributed by atoms with Gasteiger partial charge in [-0.15, -0.1) is 0 Å². The molecule has 3 saturated carbocycles. The van der Waals surface area contributed by atoms with Crippen molar-refractivity contribution in [1.82, 2.24) is 0 Å². The third kappa shape index (κ3) is 4.34. The smallest absolute Gasteiger partial charge is 0.305 e. The molecule has 0 aromatic heterocycles. The number of carbonyl (C=O) groups excluding carboxylic acids is 1. The highest BCUT2D eigenvalue weighted by Gasteiger charge is 2.59. The van der Waals surface area contributed by atoms with Crippen molar-refractivity contribution in [2.24, 2.45) is 46.3 Å². The Balaban J connectivity index is 1.45. The number of hydrogen-bond donors (Lipinski definition) is 0.